The van der Waals surface area contributed by atoms with Crippen molar-refractivity contribution in [2.75, 3.05) is 19.6 Å². The lowest BCUT2D eigenvalue weighted by molar-refractivity contribution is -0.234. The highest BCUT2D eigenvalue weighted by Gasteiger charge is 2.61. The molecule has 1 aliphatic heterocycles. The van der Waals surface area contributed by atoms with Crippen LogP contribution in [0.5, 0.6) is 0 Å². The fourth-order valence-electron chi connectivity index (χ4n) is 7.38. The van der Waals surface area contributed by atoms with Gasteiger partial charge in [-0.05, 0) is 73.2 Å². The Hall–Kier alpha value is -4.46. The Kier molecular flexibility index (Phi) is 8.98. The first-order valence-corrected chi connectivity index (χ1v) is 16.2. The average molecular weight is 706 g/mol. The van der Waals surface area contributed by atoms with E-state index in [9.17, 15) is 50.2 Å². The van der Waals surface area contributed by atoms with E-state index < -0.39 is 77.3 Å². The van der Waals surface area contributed by atoms with Gasteiger partial charge in [0.15, 0.2) is 0 Å². The lowest BCUT2D eigenvalue weighted by Crippen LogP contribution is -2.60. The van der Waals surface area contributed by atoms with Crippen LogP contribution in [0.15, 0.2) is 65.5 Å². The fraction of sp³-hybridized carbons (Fsp3) is 0.417. The number of nitrogens with one attached hydrogen (secondary N) is 1. The minimum atomic E-state index is -5.02. The summed E-state index contributed by atoms with van der Waals surface area (Å²) >= 11 is 0. The molecule has 6 rings (SSSR count). The van der Waals surface area contributed by atoms with E-state index in [4.69, 9.17) is 0 Å². The van der Waals surface area contributed by atoms with Crippen molar-refractivity contribution in [3.8, 4) is 11.1 Å². The quantitative estimate of drug-likeness (QED) is 0.192. The van der Waals surface area contributed by atoms with Gasteiger partial charge in [-0.15, -0.1) is 0 Å². The molecule has 1 aliphatic carbocycles. The molecule has 2 fully saturated rings. The van der Waals surface area contributed by atoms with Gasteiger partial charge in [-0.2, -0.15) is 26.3 Å². The number of aryl methyl sites for hydroxylation is 1. The fourth-order valence-corrected chi connectivity index (χ4v) is 7.38. The monoisotopic (exact) mass is 705 g/mol. The number of nitrogens with zero attached hydrogens (tertiary/aromatic N) is 2. The zero-order valence-corrected chi connectivity index (χ0v) is 26.9. The summed E-state index contributed by atoms with van der Waals surface area (Å²) in [6, 6.07) is 12.4. The summed E-state index contributed by atoms with van der Waals surface area (Å²) in [6.07, 6.45) is -10.5. The molecule has 1 amide bonds. The third kappa shape index (κ3) is 6.22. The number of rotatable bonds is 8. The van der Waals surface area contributed by atoms with Crippen molar-refractivity contribution >= 4 is 33.6 Å². The average Bonchev–Trinajstić information content (AvgIpc) is 3.04. The number of amides is 1. The molecule has 0 bridgehead atoms. The second-order valence-electron chi connectivity index (χ2n) is 13.4. The Morgan fingerprint density at radius 3 is 2.10 bits per heavy atom. The van der Waals surface area contributed by atoms with Gasteiger partial charge < -0.3 is 19.9 Å². The molecule has 3 aromatic carbocycles. The first kappa shape index (κ1) is 35.4. The van der Waals surface area contributed by atoms with Crippen molar-refractivity contribution in [1.82, 2.24) is 14.8 Å². The number of hydrogen-bond acceptors (Lipinski definition) is 4. The van der Waals surface area contributed by atoms with E-state index in [2.05, 4.69) is 5.32 Å². The van der Waals surface area contributed by atoms with Gasteiger partial charge in [0.1, 0.15) is 17.1 Å². The molecule has 0 radical (unpaired) electrons. The molecular weight excluding hydrogens is 671 g/mol. The van der Waals surface area contributed by atoms with Crippen molar-refractivity contribution in [2.45, 2.75) is 62.6 Å². The number of halogens is 7. The topological polar surface area (TPSA) is 91.6 Å². The summed E-state index contributed by atoms with van der Waals surface area (Å²) in [7, 11) is 1.36. The summed E-state index contributed by atoms with van der Waals surface area (Å²) in [6.45, 7) is -0.424. The molecule has 0 spiro atoms. The van der Waals surface area contributed by atoms with Crippen LogP contribution < -0.4 is 10.9 Å². The number of fused-ring (bicyclic) bond motifs is 2. The summed E-state index contributed by atoms with van der Waals surface area (Å²) in [4.78, 5) is 40.9. The van der Waals surface area contributed by atoms with Gasteiger partial charge in [0.05, 0.1) is 16.6 Å². The van der Waals surface area contributed by atoms with E-state index >= 15 is 0 Å². The number of carboxylic acids is 1. The Labute approximate surface area is 281 Å². The standard InChI is InChI=1S/C36H34F7N3O4/c1-45-27-12-3-2-8-25(27)29(35(38,39)40)28(30(45)47)24-11-5-9-22-21(7-4-10-23(22)24)19-26(31(48)49)44-32(50)34(36(41,42)43)15-17-46(18-16-34)20-33(37)13-6-14-33/h2-5,7-12,26H,6,13-20H2,1H3,(H,44,50)(H,48,49)/t26-/m0/s1. The Morgan fingerprint density at radius 2 is 1.50 bits per heavy atom. The highest BCUT2D eigenvalue weighted by Crippen LogP contribution is 2.48. The van der Waals surface area contributed by atoms with E-state index in [1.165, 1.54) is 67.7 Å². The zero-order valence-electron chi connectivity index (χ0n) is 26.9. The number of carbonyl (C=O) groups is 2. The largest absolute Gasteiger partial charge is 0.480 e. The number of carbonyl (C=O) groups excluding carboxylic acids is 1. The third-order valence-corrected chi connectivity index (χ3v) is 10.3. The lowest BCUT2D eigenvalue weighted by atomic mass is 9.75. The number of para-hydroxylation sites is 1. The lowest BCUT2D eigenvalue weighted by Gasteiger charge is -2.45. The summed E-state index contributed by atoms with van der Waals surface area (Å²) in [5.74, 6) is -3.13. The number of pyridine rings is 1. The van der Waals surface area contributed by atoms with E-state index in [1.54, 1.807) is 4.90 Å². The van der Waals surface area contributed by atoms with Crippen molar-refractivity contribution in [1.29, 1.82) is 0 Å². The zero-order chi connectivity index (χ0) is 36.2. The minimum absolute atomic E-state index is 0.0286. The van der Waals surface area contributed by atoms with E-state index in [0.717, 1.165) is 4.57 Å². The maximum atomic E-state index is 14.7. The van der Waals surface area contributed by atoms with Crippen LogP contribution in [0.25, 0.3) is 32.8 Å². The highest BCUT2D eigenvalue weighted by molar-refractivity contribution is 6.02. The molecule has 1 aromatic heterocycles. The minimum Gasteiger partial charge on any atom is -0.480 e. The Balaban J connectivity index is 1.34. The number of aliphatic carboxylic acids is 1. The molecule has 14 heteroatoms. The number of hydrogen-bond donors (Lipinski definition) is 2. The SMILES string of the molecule is Cn1c(=O)c(-c2cccc3c(C[C@H](NC(=O)C4(C(F)(F)F)CCN(CC5(F)CCC5)CC4)C(=O)O)cccc23)c(C(F)(F)F)c2ccccc21. The molecule has 2 heterocycles. The molecule has 1 atom stereocenters. The first-order chi connectivity index (χ1) is 23.5. The van der Waals surface area contributed by atoms with Crippen LogP contribution in [-0.4, -0.2) is 64.0 Å². The first-order valence-electron chi connectivity index (χ1n) is 16.2. The van der Waals surface area contributed by atoms with Crippen LogP contribution >= 0.6 is 0 Å². The van der Waals surface area contributed by atoms with Gasteiger partial charge >= 0.3 is 18.3 Å². The number of alkyl halides is 7. The molecule has 266 valence electrons. The predicted molar refractivity (Wildman–Crippen MR) is 172 cm³/mol. The number of carboxylic acid groups (broad SMARTS) is 1. The molecule has 1 saturated carbocycles. The van der Waals surface area contributed by atoms with Crippen molar-refractivity contribution in [2.24, 2.45) is 12.5 Å². The van der Waals surface area contributed by atoms with E-state index in [0.29, 0.717) is 19.3 Å². The van der Waals surface area contributed by atoms with Crippen molar-refractivity contribution in [3.63, 3.8) is 0 Å². The smallest absolute Gasteiger partial charge is 0.417 e. The number of benzene rings is 3. The van der Waals surface area contributed by atoms with Crippen LogP contribution in [0.4, 0.5) is 30.7 Å². The van der Waals surface area contributed by atoms with E-state index in [1.807, 2.05) is 0 Å². The van der Waals surface area contributed by atoms with Crippen molar-refractivity contribution < 1.29 is 45.4 Å². The molecular formula is C36H34F7N3O4. The van der Waals surface area contributed by atoms with Gasteiger partial charge in [-0.25, -0.2) is 9.18 Å². The second-order valence-corrected chi connectivity index (χ2v) is 13.4. The van der Waals surface area contributed by atoms with Crippen LogP contribution in [-0.2, 0) is 29.2 Å². The van der Waals surface area contributed by atoms with Crippen LogP contribution in [0, 0.1) is 5.41 Å². The van der Waals surface area contributed by atoms with Crippen molar-refractivity contribution in [3.05, 3.63) is 82.1 Å². The maximum Gasteiger partial charge on any atom is 0.417 e. The summed E-state index contributed by atoms with van der Waals surface area (Å²) in [5.41, 5.74) is -6.80. The number of likely N-dealkylation sites (tertiary alicyclic amines) is 1. The summed E-state index contributed by atoms with van der Waals surface area (Å²) < 4.78 is 103. The predicted octanol–water partition coefficient (Wildman–Crippen LogP) is 7.03. The molecule has 7 nitrogen and oxygen atoms in total. The van der Waals surface area contributed by atoms with Crippen LogP contribution in [0.2, 0.25) is 0 Å². The number of aromatic nitrogens is 1. The molecule has 1 saturated heterocycles. The second kappa shape index (κ2) is 12.7. The molecule has 2 N–H and O–H groups in total. The van der Waals surface area contributed by atoms with Gasteiger partial charge in [0, 0.05) is 25.4 Å². The summed E-state index contributed by atoms with van der Waals surface area (Å²) in [5, 5.41) is 12.4. The van der Waals surface area contributed by atoms with Crippen LogP contribution in [0.3, 0.4) is 0 Å². The van der Waals surface area contributed by atoms with Crippen LogP contribution in [0.1, 0.15) is 43.2 Å². The molecule has 4 aromatic rings. The Bertz CT molecular complexity index is 2030. The highest BCUT2D eigenvalue weighted by atomic mass is 19.4. The maximum absolute atomic E-state index is 14.7. The molecule has 50 heavy (non-hydrogen) atoms. The third-order valence-electron chi connectivity index (χ3n) is 10.3. The van der Waals surface area contributed by atoms with E-state index in [-0.39, 0.29) is 52.4 Å². The molecule has 2 aliphatic rings. The normalized spacial score (nSPS) is 18.5. The van der Waals surface area contributed by atoms with Gasteiger partial charge in [0.2, 0.25) is 5.91 Å². The van der Waals surface area contributed by atoms with Gasteiger partial charge in [-0.1, -0.05) is 54.6 Å². The molecule has 0 unspecified atom stereocenters. The van der Waals surface area contributed by atoms with Gasteiger partial charge in [0.25, 0.3) is 5.56 Å². The van der Waals surface area contributed by atoms with Gasteiger partial charge in [-0.3, -0.25) is 9.59 Å². The Morgan fingerprint density at radius 1 is 0.880 bits per heavy atom. The number of piperidine rings is 1.